The van der Waals surface area contributed by atoms with Crippen molar-refractivity contribution in [2.24, 2.45) is 0 Å². The van der Waals surface area contributed by atoms with Crippen molar-refractivity contribution in [1.82, 2.24) is 9.38 Å². The van der Waals surface area contributed by atoms with Crippen LogP contribution >= 0.6 is 0 Å². The van der Waals surface area contributed by atoms with Crippen molar-refractivity contribution in [3.05, 3.63) is 60.2 Å². The molecule has 3 rings (SSSR count). The molecule has 1 aromatic carbocycles. The topological polar surface area (TPSA) is 17.3 Å². The Morgan fingerprint density at radius 2 is 1.67 bits per heavy atom. The van der Waals surface area contributed by atoms with Gasteiger partial charge in [-0.25, -0.2) is 18.2 Å². The van der Waals surface area contributed by atoms with Gasteiger partial charge >= 0.3 is 0 Å². The van der Waals surface area contributed by atoms with E-state index in [0.717, 1.165) is 18.2 Å². The summed E-state index contributed by atoms with van der Waals surface area (Å²) in [6, 6.07) is 5.86. The first kappa shape index (κ1) is 10.8. The molecule has 0 unspecified atom stereocenters. The van der Waals surface area contributed by atoms with Crippen LogP contribution in [0.2, 0.25) is 0 Å². The molecule has 2 heterocycles. The second-order valence-electron chi connectivity index (χ2n) is 3.86. The highest BCUT2D eigenvalue weighted by Gasteiger charge is 2.10. The summed E-state index contributed by atoms with van der Waals surface area (Å²) in [5.41, 5.74) is 0.784. The molecule has 0 spiro atoms. The maximum absolute atomic E-state index is 13.6. The van der Waals surface area contributed by atoms with Gasteiger partial charge in [-0.2, -0.15) is 0 Å². The summed E-state index contributed by atoms with van der Waals surface area (Å²) in [4.78, 5) is 4.12. The molecule has 0 N–H and O–H groups in total. The zero-order valence-electron chi connectivity index (χ0n) is 9.07. The Balaban J connectivity index is 2.22. The molecular weight excluding hydrogens is 241 g/mol. The molecule has 0 aliphatic carbocycles. The lowest BCUT2D eigenvalue weighted by molar-refractivity contribution is 0.603. The lowest BCUT2D eigenvalue weighted by Gasteiger charge is -1.98. The molecule has 5 heteroatoms. The number of fused-ring (bicyclic) bond motifs is 1. The van der Waals surface area contributed by atoms with Crippen LogP contribution in [0, 0.1) is 17.5 Å². The summed E-state index contributed by atoms with van der Waals surface area (Å²) in [6.07, 6.45) is 2.68. The molecule has 0 amide bonds. The predicted octanol–water partition coefficient (Wildman–Crippen LogP) is 3.42. The van der Waals surface area contributed by atoms with E-state index in [1.807, 2.05) is 0 Å². The molecule has 3 aromatic rings. The van der Waals surface area contributed by atoms with Crippen LogP contribution in [0.5, 0.6) is 0 Å². The van der Waals surface area contributed by atoms with Crippen molar-refractivity contribution in [2.45, 2.75) is 0 Å². The van der Waals surface area contributed by atoms with Crippen molar-refractivity contribution >= 4 is 5.65 Å². The average molecular weight is 248 g/mol. The van der Waals surface area contributed by atoms with Gasteiger partial charge in [0.2, 0.25) is 0 Å². The summed E-state index contributed by atoms with van der Waals surface area (Å²) in [5.74, 6) is -1.54. The Bertz CT molecular complexity index is 734. The molecule has 0 saturated heterocycles. The fourth-order valence-electron chi connectivity index (χ4n) is 1.79. The third kappa shape index (κ3) is 1.73. The van der Waals surface area contributed by atoms with Crippen molar-refractivity contribution in [1.29, 1.82) is 0 Å². The normalized spacial score (nSPS) is 11.1. The number of benzene rings is 1. The maximum atomic E-state index is 13.6. The minimum atomic E-state index is -0.569. The van der Waals surface area contributed by atoms with E-state index in [4.69, 9.17) is 0 Å². The van der Waals surface area contributed by atoms with Crippen molar-refractivity contribution in [3.63, 3.8) is 0 Å². The van der Waals surface area contributed by atoms with Crippen molar-refractivity contribution < 1.29 is 13.2 Å². The first-order valence-corrected chi connectivity index (χ1v) is 5.23. The molecule has 0 fully saturated rings. The molecule has 0 atom stereocenters. The van der Waals surface area contributed by atoms with Gasteiger partial charge in [-0.3, -0.25) is 0 Å². The number of nitrogens with zero attached hydrogens (tertiary/aromatic N) is 2. The highest BCUT2D eigenvalue weighted by Crippen LogP contribution is 2.23. The number of aromatic nitrogens is 2. The largest absolute Gasteiger partial charge is 0.304 e. The summed E-state index contributed by atoms with van der Waals surface area (Å²) >= 11 is 0. The van der Waals surface area contributed by atoms with Crippen LogP contribution < -0.4 is 0 Å². The Morgan fingerprint density at radius 3 is 2.50 bits per heavy atom. The molecule has 0 aliphatic rings. The van der Waals surface area contributed by atoms with E-state index in [1.54, 1.807) is 0 Å². The fraction of sp³-hybridized carbons (Fsp3) is 0. The molecule has 18 heavy (non-hydrogen) atoms. The molecule has 2 aromatic heterocycles. The average Bonchev–Trinajstić information content (AvgIpc) is 2.74. The van der Waals surface area contributed by atoms with Crippen LogP contribution in [-0.4, -0.2) is 9.38 Å². The maximum Gasteiger partial charge on any atom is 0.139 e. The Morgan fingerprint density at radius 1 is 0.889 bits per heavy atom. The van der Waals surface area contributed by atoms with Crippen LogP contribution in [0.3, 0.4) is 0 Å². The van der Waals surface area contributed by atoms with E-state index < -0.39 is 17.5 Å². The lowest BCUT2D eigenvalue weighted by Crippen LogP contribution is -1.86. The van der Waals surface area contributed by atoms with Crippen LogP contribution in [-0.2, 0) is 0 Å². The molecular formula is C13H7F3N2. The van der Waals surface area contributed by atoms with Crippen LogP contribution in [0.4, 0.5) is 13.2 Å². The molecule has 0 aliphatic heterocycles. The fourth-order valence-corrected chi connectivity index (χ4v) is 1.79. The second kappa shape index (κ2) is 3.87. The minimum absolute atomic E-state index is 0.0547. The van der Waals surface area contributed by atoms with Gasteiger partial charge in [0.15, 0.2) is 0 Å². The molecule has 0 radical (unpaired) electrons. The number of rotatable bonds is 1. The van der Waals surface area contributed by atoms with E-state index in [9.17, 15) is 13.2 Å². The van der Waals surface area contributed by atoms with Crippen molar-refractivity contribution in [2.75, 3.05) is 0 Å². The van der Waals surface area contributed by atoms with Gasteiger partial charge in [0.1, 0.15) is 23.1 Å². The quantitative estimate of drug-likeness (QED) is 0.645. The zero-order chi connectivity index (χ0) is 12.7. The molecule has 0 saturated carbocycles. The van der Waals surface area contributed by atoms with Crippen molar-refractivity contribution in [3.8, 4) is 11.3 Å². The van der Waals surface area contributed by atoms with Crippen LogP contribution in [0.15, 0.2) is 42.7 Å². The second-order valence-corrected chi connectivity index (χ2v) is 3.86. The van der Waals surface area contributed by atoms with Crippen LogP contribution in [0.1, 0.15) is 0 Å². The SMILES string of the molecule is Fc1ccc(F)c(-c2cn3cc(F)ccc3n2)c1. The standard InChI is InChI=1S/C13H7F3N2/c14-8-1-3-11(16)10(5-8)12-7-18-6-9(15)2-4-13(18)17-12/h1-7H. The highest BCUT2D eigenvalue weighted by atomic mass is 19.1. The lowest BCUT2D eigenvalue weighted by atomic mass is 10.1. The number of pyridine rings is 1. The van der Waals surface area contributed by atoms with Gasteiger partial charge in [-0.15, -0.1) is 0 Å². The van der Waals surface area contributed by atoms with Gasteiger partial charge in [0, 0.05) is 18.0 Å². The number of hydrogen-bond donors (Lipinski definition) is 0. The number of hydrogen-bond acceptors (Lipinski definition) is 1. The monoisotopic (exact) mass is 248 g/mol. The van der Waals surface area contributed by atoms with E-state index in [-0.39, 0.29) is 11.3 Å². The van der Waals surface area contributed by atoms with Gasteiger partial charge in [0.05, 0.1) is 5.69 Å². The Hall–Kier alpha value is -2.30. The summed E-state index contributed by atoms with van der Waals surface area (Å²) in [6.45, 7) is 0. The number of halogens is 3. The van der Waals surface area contributed by atoms with Gasteiger partial charge in [-0.05, 0) is 30.3 Å². The van der Waals surface area contributed by atoms with Gasteiger partial charge < -0.3 is 4.40 Å². The van der Waals surface area contributed by atoms with E-state index in [0.29, 0.717) is 5.65 Å². The summed E-state index contributed by atoms with van der Waals surface area (Å²) < 4.78 is 41.1. The molecule has 2 nitrogen and oxygen atoms in total. The first-order valence-electron chi connectivity index (χ1n) is 5.23. The van der Waals surface area contributed by atoms with E-state index >= 15 is 0 Å². The predicted molar refractivity (Wildman–Crippen MR) is 60.5 cm³/mol. The summed E-state index contributed by atoms with van der Waals surface area (Å²) in [5, 5.41) is 0. The highest BCUT2D eigenvalue weighted by molar-refractivity contribution is 5.63. The molecule has 0 bridgehead atoms. The van der Waals surface area contributed by atoms with Crippen LogP contribution in [0.25, 0.3) is 16.9 Å². The first-order chi connectivity index (χ1) is 8.63. The van der Waals surface area contributed by atoms with Gasteiger partial charge in [0.25, 0.3) is 0 Å². The Kier molecular flexibility index (Phi) is 2.33. The third-order valence-electron chi connectivity index (χ3n) is 2.62. The number of imidazole rings is 1. The van der Waals surface area contributed by atoms with Gasteiger partial charge in [-0.1, -0.05) is 0 Å². The zero-order valence-corrected chi connectivity index (χ0v) is 9.07. The van der Waals surface area contributed by atoms with E-state index in [2.05, 4.69) is 4.98 Å². The smallest absolute Gasteiger partial charge is 0.139 e. The third-order valence-corrected chi connectivity index (χ3v) is 2.62. The minimum Gasteiger partial charge on any atom is -0.304 e. The Labute approximate surface area is 100 Å². The van der Waals surface area contributed by atoms with E-state index in [1.165, 1.54) is 28.9 Å². The molecule has 90 valence electrons. The summed E-state index contributed by atoms with van der Waals surface area (Å²) in [7, 11) is 0.